The van der Waals surface area contributed by atoms with E-state index >= 15 is 0 Å². The molecule has 0 saturated carbocycles. The molecule has 0 saturated heterocycles. The number of halogens is 3. The SMILES string of the molecule is COCC(C)CC(=O)c1c(F)ccc(Br)c1F. The van der Waals surface area contributed by atoms with Crippen molar-refractivity contribution in [3.8, 4) is 0 Å². The number of rotatable bonds is 5. The number of hydrogen-bond acceptors (Lipinski definition) is 2. The molecule has 0 aliphatic carbocycles. The third kappa shape index (κ3) is 3.57. The summed E-state index contributed by atoms with van der Waals surface area (Å²) in [5.41, 5.74) is -0.484. The van der Waals surface area contributed by atoms with E-state index in [-0.39, 0.29) is 16.8 Å². The van der Waals surface area contributed by atoms with Gasteiger partial charge in [-0.2, -0.15) is 0 Å². The Labute approximate surface area is 107 Å². The van der Waals surface area contributed by atoms with Crippen molar-refractivity contribution in [2.24, 2.45) is 5.92 Å². The molecular weight excluding hydrogens is 294 g/mol. The van der Waals surface area contributed by atoms with Crippen LogP contribution in [0, 0.1) is 17.6 Å². The second kappa shape index (κ2) is 6.21. The van der Waals surface area contributed by atoms with Gasteiger partial charge in [-0.3, -0.25) is 4.79 Å². The molecule has 0 N–H and O–H groups in total. The summed E-state index contributed by atoms with van der Waals surface area (Å²) in [6, 6.07) is 2.31. The van der Waals surface area contributed by atoms with Crippen molar-refractivity contribution in [3.63, 3.8) is 0 Å². The van der Waals surface area contributed by atoms with Gasteiger partial charge < -0.3 is 4.74 Å². The van der Waals surface area contributed by atoms with Crippen LogP contribution >= 0.6 is 15.9 Å². The first kappa shape index (κ1) is 14.3. The Hall–Kier alpha value is -0.810. The third-order valence-electron chi connectivity index (χ3n) is 2.31. The molecule has 0 aliphatic heterocycles. The zero-order valence-electron chi connectivity index (χ0n) is 9.60. The van der Waals surface area contributed by atoms with E-state index < -0.39 is 23.0 Å². The Balaban J connectivity index is 2.93. The summed E-state index contributed by atoms with van der Waals surface area (Å²) in [4.78, 5) is 11.8. The van der Waals surface area contributed by atoms with Crippen LogP contribution in [0.2, 0.25) is 0 Å². The molecule has 0 fully saturated rings. The molecule has 0 aromatic heterocycles. The van der Waals surface area contributed by atoms with Crippen LogP contribution < -0.4 is 0 Å². The maximum atomic E-state index is 13.6. The van der Waals surface area contributed by atoms with Crippen molar-refractivity contribution >= 4 is 21.7 Å². The van der Waals surface area contributed by atoms with Crippen molar-refractivity contribution < 1.29 is 18.3 Å². The lowest BCUT2D eigenvalue weighted by Gasteiger charge is -2.10. The highest BCUT2D eigenvalue weighted by Gasteiger charge is 2.21. The first-order chi connectivity index (χ1) is 7.97. The molecule has 1 rings (SSSR count). The molecule has 0 heterocycles. The first-order valence-electron chi connectivity index (χ1n) is 5.13. The van der Waals surface area contributed by atoms with Crippen molar-refractivity contribution in [2.45, 2.75) is 13.3 Å². The van der Waals surface area contributed by atoms with Crippen LogP contribution in [0.3, 0.4) is 0 Å². The molecule has 2 nitrogen and oxygen atoms in total. The van der Waals surface area contributed by atoms with Gasteiger partial charge in [0.2, 0.25) is 0 Å². The van der Waals surface area contributed by atoms with Gasteiger partial charge in [-0.15, -0.1) is 0 Å². The molecule has 1 unspecified atom stereocenters. The van der Waals surface area contributed by atoms with Crippen LogP contribution in [0.4, 0.5) is 8.78 Å². The van der Waals surface area contributed by atoms with Crippen LogP contribution in [0.25, 0.3) is 0 Å². The van der Waals surface area contributed by atoms with Crippen LogP contribution in [0.5, 0.6) is 0 Å². The second-order valence-corrected chi connectivity index (χ2v) is 4.76. The number of ether oxygens (including phenoxy) is 1. The number of methoxy groups -OCH3 is 1. The van der Waals surface area contributed by atoms with Gasteiger partial charge in [-0.05, 0) is 34.0 Å². The van der Waals surface area contributed by atoms with Crippen LogP contribution in [0.1, 0.15) is 23.7 Å². The van der Waals surface area contributed by atoms with E-state index in [4.69, 9.17) is 4.74 Å². The quantitative estimate of drug-likeness (QED) is 0.614. The van der Waals surface area contributed by atoms with Crippen LogP contribution in [-0.4, -0.2) is 19.5 Å². The van der Waals surface area contributed by atoms with Gasteiger partial charge in [0.25, 0.3) is 0 Å². The summed E-state index contributed by atoms with van der Waals surface area (Å²) in [5.74, 6) is -2.31. The van der Waals surface area contributed by atoms with Crippen molar-refractivity contribution in [2.75, 3.05) is 13.7 Å². The van der Waals surface area contributed by atoms with E-state index in [9.17, 15) is 13.6 Å². The number of carbonyl (C=O) groups excluding carboxylic acids is 1. The number of Topliss-reactive ketones (excluding diaryl/α,β-unsaturated/α-hetero) is 1. The van der Waals surface area contributed by atoms with Crippen molar-refractivity contribution in [1.29, 1.82) is 0 Å². The molecule has 94 valence electrons. The molecule has 0 aliphatic rings. The highest BCUT2D eigenvalue weighted by atomic mass is 79.9. The summed E-state index contributed by atoms with van der Waals surface area (Å²) >= 11 is 2.93. The van der Waals surface area contributed by atoms with Gasteiger partial charge in [0.05, 0.1) is 10.0 Å². The maximum absolute atomic E-state index is 13.6. The van der Waals surface area contributed by atoms with Gasteiger partial charge >= 0.3 is 0 Å². The molecular formula is C12H13BrF2O2. The maximum Gasteiger partial charge on any atom is 0.169 e. The molecule has 0 amide bonds. The highest BCUT2D eigenvalue weighted by Crippen LogP contribution is 2.23. The molecule has 0 bridgehead atoms. The fourth-order valence-electron chi connectivity index (χ4n) is 1.54. The molecule has 1 aromatic rings. The zero-order chi connectivity index (χ0) is 13.0. The van der Waals surface area contributed by atoms with Crippen LogP contribution in [-0.2, 0) is 4.74 Å². The van der Waals surface area contributed by atoms with Crippen molar-refractivity contribution in [1.82, 2.24) is 0 Å². The van der Waals surface area contributed by atoms with Gasteiger partial charge in [0.1, 0.15) is 5.82 Å². The molecule has 0 spiro atoms. The summed E-state index contributed by atoms with van der Waals surface area (Å²) in [5, 5.41) is 0. The Kier molecular flexibility index (Phi) is 5.21. The van der Waals surface area contributed by atoms with Crippen LogP contribution in [0.15, 0.2) is 16.6 Å². The predicted molar refractivity (Wildman–Crippen MR) is 64.0 cm³/mol. The van der Waals surface area contributed by atoms with E-state index in [2.05, 4.69) is 15.9 Å². The van der Waals surface area contributed by atoms with Gasteiger partial charge in [0.15, 0.2) is 11.6 Å². The van der Waals surface area contributed by atoms with Gasteiger partial charge in [0, 0.05) is 20.1 Å². The standard InChI is InChI=1S/C12H13BrF2O2/c1-7(6-17-2)5-10(16)11-9(14)4-3-8(13)12(11)15/h3-4,7H,5-6H2,1-2H3. The van der Waals surface area contributed by atoms with E-state index in [1.165, 1.54) is 13.2 Å². The zero-order valence-corrected chi connectivity index (χ0v) is 11.2. The normalized spacial score (nSPS) is 12.5. The second-order valence-electron chi connectivity index (χ2n) is 3.91. The van der Waals surface area contributed by atoms with E-state index in [0.717, 1.165) is 6.07 Å². The predicted octanol–water partition coefficient (Wildman–Crippen LogP) is 3.58. The van der Waals surface area contributed by atoms with E-state index in [0.29, 0.717) is 6.61 Å². The van der Waals surface area contributed by atoms with E-state index in [1.807, 2.05) is 0 Å². The Bertz CT molecular complexity index is 421. The largest absolute Gasteiger partial charge is 0.384 e. The summed E-state index contributed by atoms with van der Waals surface area (Å²) < 4.78 is 32.0. The number of carbonyl (C=O) groups is 1. The first-order valence-corrected chi connectivity index (χ1v) is 5.92. The third-order valence-corrected chi connectivity index (χ3v) is 2.92. The number of benzene rings is 1. The topological polar surface area (TPSA) is 26.3 Å². The minimum atomic E-state index is -0.848. The monoisotopic (exact) mass is 306 g/mol. The Morgan fingerprint density at radius 2 is 2.12 bits per heavy atom. The smallest absolute Gasteiger partial charge is 0.169 e. The minimum absolute atomic E-state index is 0.0537. The summed E-state index contributed by atoms with van der Waals surface area (Å²) in [7, 11) is 1.52. The fourth-order valence-corrected chi connectivity index (χ4v) is 1.88. The molecule has 1 aromatic carbocycles. The molecule has 0 radical (unpaired) electrons. The lowest BCUT2D eigenvalue weighted by molar-refractivity contribution is 0.0912. The van der Waals surface area contributed by atoms with Crippen molar-refractivity contribution in [3.05, 3.63) is 33.8 Å². The fraction of sp³-hybridized carbons (Fsp3) is 0.417. The lowest BCUT2D eigenvalue weighted by Crippen LogP contribution is -2.13. The van der Waals surface area contributed by atoms with Gasteiger partial charge in [-0.25, -0.2) is 8.78 Å². The highest BCUT2D eigenvalue weighted by molar-refractivity contribution is 9.10. The number of hydrogen-bond donors (Lipinski definition) is 0. The average molecular weight is 307 g/mol. The summed E-state index contributed by atoms with van der Waals surface area (Å²) in [6.07, 6.45) is 0.0537. The Morgan fingerprint density at radius 1 is 1.47 bits per heavy atom. The Morgan fingerprint density at radius 3 is 2.71 bits per heavy atom. The minimum Gasteiger partial charge on any atom is -0.384 e. The van der Waals surface area contributed by atoms with E-state index in [1.54, 1.807) is 6.92 Å². The summed E-state index contributed by atoms with van der Waals surface area (Å²) in [6.45, 7) is 2.16. The molecule has 1 atom stereocenters. The molecule has 17 heavy (non-hydrogen) atoms. The number of ketones is 1. The lowest BCUT2D eigenvalue weighted by atomic mass is 9.99. The van der Waals surface area contributed by atoms with Gasteiger partial charge in [-0.1, -0.05) is 6.92 Å². The molecule has 5 heteroatoms. The average Bonchev–Trinajstić information content (AvgIpc) is 2.24.